The third kappa shape index (κ3) is 4.53. The van der Waals surface area contributed by atoms with Crippen LogP contribution in [0.5, 0.6) is 5.75 Å². The summed E-state index contributed by atoms with van der Waals surface area (Å²) in [7, 11) is 0. The van der Waals surface area contributed by atoms with Gasteiger partial charge in [0.25, 0.3) is 0 Å². The molecule has 0 radical (unpaired) electrons. The van der Waals surface area contributed by atoms with E-state index >= 15 is 0 Å². The van der Waals surface area contributed by atoms with Gasteiger partial charge in [0.15, 0.2) is 0 Å². The molecule has 0 bridgehead atoms. The van der Waals surface area contributed by atoms with Crippen LogP contribution in [0.4, 0.5) is 0 Å². The molecule has 2 aromatic rings. The van der Waals surface area contributed by atoms with Crippen molar-refractivity contribution in [3.05, 3.63) is 64.7 Å². The minimum Gasteiger partial charge on any atom is -0.494 e. The largest absolute Gasteiger partial charge is 0.494 e. The Morgan fingerprint density at radius 3 is 2.32 bits per heavy atom. The van der Waals surface area contributed by atoms with Crippen LogP contribution >= 0.6 is 11.8 Å². The molecule has 1 aliphatic heterocycles. The van der Waals surface area contributed by atoms with Crippen LogP contribution < -0.4 is 4.74 Å². The highest BCUT2D eigenvalue weighted by atomic mass is 32.2. The summed E-state index contributed by atoms with van der Waals surface area (Å²) < 4.78 is 5.49. The van der Waals surface area contributed by atoms with Crippen molar-refractivity contribution in [1.82, 2.24) is 0 Å². The van der Waals surface area contributed by atoms with Crippen molar-refractivity contribution in [1.29, 1.82) is 0 Å². The number of aryl methyl sites for hydroxylation is 1. The van der Waals surface area contributed by atoms with E-state index in [0.29, 0.717) is 6.61 Å². The lowest BCUT2D eigenvalue weighted by molar-refractivity contribution is -0.0700. The first-order valence-electron chi connectivity index (χ1n) is 9.56. The molecule has 0 aromatic heterocycles. The standard InChI is InChI=1S/C22H28O5S/c1-3-27-17-8-5-14(6-9-17)10-16-11-15(7-4-13(16)2)22-21(26)20(25)19(24)18(12-23)28-22/h4-9,11,18-26H,3,10,12H2,1-2H3/t18-,19-,20+,21?,22+/m1/s1. The van der Waals surface area contributed by atoms with Crippen molar-refractivity contribution in [2.75, 3.05) is 13.2 Å². The molecule has 5 nitrogen and oxygen atoms in total. The molecular weight excluding hydrogens is 376 g/mol. The fourth-order valence-corrected chi connectivity index (χ4v) is 4.94. The van der Waals surface area contributed by atoms with Gasteiger partial charge in [0.1, 0.15) is 11.9 Å². The molecule has 1 fully saturated rings. The molecule has 1 heterocycles. The third-order valence-electron chi connectivity index (χ3n) is 5.22. The molecular formula is C22H28O5S. The summed E-state index contributed by atoms with van der Waals surface area (Å²) in [6, 6.07) is 14.0. The van der Waals surface area contributed by atoms with E-state index in [2.05, 4.69) is 0 Å². The Morgan fingerprint density at radius 1 is 0.964 bits per heavy atom. The van der Waals surface area contributed by atoms with Crippen LogP contribution in [0.2, 0.25) is 0 Å². The smallest absolute Gasteiger partial charge is 0.119 e. The van der Waals surface area contributed by atoms with E-state index in [1.807, 2.05) is 56.3 Å². The van der Waals surface area contributed by atoms with Crippen molar-refractivity contribution in [3.63, 3.8) is 0 Å². The van der Waals surface area contributed by atoms with Crippen LogP contribution in [-0.4, -0.2) is 57.2 Å². The monoisotopic (exact) mass is 404 g/mol. The average Bonchev–Trinajstić information content (AvgIpc) is 2.70. The van der Waals surface area contributed by atoms with Crippen LogP contribution in [0.15, 0.2) is 42.5 Å². The molecule has 6 heteroatoms. The van der Waals surface area contributed by atoms with Crippen molar-refractivity contribution in [2.45, 2.75) is 49.1 Å². The number of rotatable bonds is 6. The van der Waals surface area contributed by atoms with Gasteiger partial charge in [-0.3, -0.25) is 0 Å². The Hall–Kier alpha value is -1.57. The zero-order valence-electron chi connectivity index (χ0n) is 16.2. The van der Waals surface area contributed by atoms with Crippen molar-refractivity contribution in [2.24, 2.45) is 0 Å². The van der Waals surface area contributed by atoms with Crippen LogP contribution in [0.25, 0.3) is 0 Å². The highest BCUT2D eigenvalue weighted by Crippen LogP contribution is 2.43. The average molecular weight is 405 g/mol. The highest BCUT2D eigenvalue weighted by Gasteiger charge is 2.43. The highest BCUT2D eigenvalue weighted by molar-refractivity contribution is 8.00. The molecule has 2 aromatic carbocycles. The number of benzene rings is 2. The normalized spacial score (nSPS) is 27.6. The lowest BCUT2D eigenvalue weighted by atomic mass is 9.93. The quantitative estimate of drug-likeness (QED) is 0.590. The lowest BCUT2D eigenvalue weighted by Gasteiger charge is -2.39. The van der Waals surface area contributed by atoms with E-state index in [1.165, 1.54) is 11.8 Å². The summed E-state index contributed by atoms with van der Waals surface area (Å²) >= 11 is 1.31. The molecule has 28 heavy (non-hydrogen) atoms. The summed E-state index contributed by atoms with van der Waals surface area (Å²) in [4.78, 5) is 0. The first-order chi connectivity index (χ1) is 13.4. The summed E-state index contributed by atoms with van der Waals surface area (Å²) in [6.45, 7) is 4.39. The molecule has 0 amide bonds. The molecule has 1 aliphatic rings. The zero-order chi connectivity index (χ0) is 20.3. The van der Waals surface area contributed by atoms with E-state index in [9.17, 15) is 20.4 Å². The molecule has 0 spiro atoms. The van der Waals surface area contributed by atoms with Crippen molar-refractivity contribution >= 4 is 11.8 Å². The second kappa shape index (κ2) is 9.29. The van der Waals surface area contributed by atoms with Gasteiger partial charge in [-0.15, -0.1) is 11.8 Å². The van der Waals surface area contributed by atoms with Gasteiger partial charge in [-0.25, -0.2) is 0 Å². The minimum absolute atomic E-state index is 0.253. The Labute approximate surface area is 170 Å². The molecule has 0 saturated carbocycles. The molecule has 5 atom stereocenters. The fraction of sp³-hybridized carbons (Fsp3) is 0.455. The Bertz CT molecular complexity index is 777. The van der Waals surface area contributed by atoms with Gasteiger partial charge in [0.05, 0.1) is 35.9 Å². The molecule has 4 N–H and O–H groups in total. The maximum atomic E-state index is 10.5. The van der Waals surface area contributed by atoms with Gasteiger partial charge in [-0.2, -0.15) is 0 Å². The van der Waals surface area contributed by atoms with Gasteiger partial charge in [-0.1, -0.05) is 30.3 Å². The number of aliphatic hydroxyl groups excluding tert-OH is 4. The predicted molar refractivity (Wildman–Crippen MR) is 111 cm³/mol. The third-order valence-corrected chi connectivity index (χ3v) is 6.84. The number of aliphatic hydroxyl groups is 4. The summed E-state index contributed by atoms with van der Waals surface area (Å²) in [5, 5.41) is 39.2. The van der Waals surface area contributed by atoms with E-state index in [0.717, 1.165) is 34.4 Å². The molecule has 152 valence electrons. The number of thioether (sulfide) groups is 1. The van der Waals surface area contributed by atoms with Crippen molar-refractivity contribution < 1.29 is 25.2 Å². The maximum Gasteiger partial charge on any atom is 0.119 e. The predicted octanol–water partition coefficient (Wildman–Crippen LogP) is 2.22. The van der Waals surface area contributed by atoms with Gasteiger partial charge in [0, 0.05) is 0 Å². The van der Waals surface area contributed by atoms with Gasteiger partial charge in [0.2, 0.25) is 0 Å². The Kier molecular flexibility index (Phi) is 7.01. The van der Waals surface area contributed by atoms with Crippen LogP contribution in [0.1, 0.15) is 34.4 Å². The Morgan fingerprint density at radius 2 is 1.68 bits per heavy atom. The number of ether oxygens (including phenoxy) is 1. The Balaban J connectivity index is 1.82. The zero-order valence-corrected chi connectivity index (χ0v) is 17.0. The minimum atomic E-state index is -1.28. The molecule has 1 unspecified atom stereocenters. The molecule has 3 rings (SSSR count). The summed E-state index contributed by atoms with van der Waals surface area (Å²) in [5.74, 6) is 0.848. The van der Waals surface area contributed by atoms with Crippen molar-refractivity contribution in [3.8, 4) is 5.75 Å². The first-order valence-corrected chi connectivity index (χ1v) is 10.5. The first kappa shape index (κ1) is 21.1. The van der Waals surface area contributed by atoms with Gasteiger partial charge >= 0.3 is 0 Å². The van der Waals surface area contributed by atoms with E-state index in [4.69, 9.17) is 4.74 Å². The maximum absolute atomic E-state index is 10.5. The summed E-state index contributed by atoms with van der Waals surface area (Å²) in [6.07, 6.45) is -2.77. The van der Waals surface area contributed by atoms with Crippen LogP contribution in [0.3, 0.4) is 0 Å². The molecule has 0 aliphatic carbocycles. The van der Waals surface area contributed by atoms with Gasteiger partial charge < -0.3 is 25.2 Å². The summed E-state index contributed by atoms with van der Waals surface area (Å²) in [5.41, 5.74) is 4.32. The lowest BCUT2D eigenvalue weighted by Crippen LogP contribution is -2.51. The SMILES string of the molecule is CCOc1ccc(Cc2cc([C@@H]3S[C@H](CO)[C@@H](O)[C@H](O)C3O)ccc2C)cc1. The number of hydrogen-bond acceptors (Lipinski definition) is 6. The van der Waals surface area contributed by atoms with E-state index in [1.54, 1.807) is 0 Å². The van der Waals surface area contributed by atoms with E-state index in [-0.39, 0.29) is 6.61 Å². The van der Waals surface area contributed by atoms with Crippen LogP contribution in [-0.2, 0) is 6.42 Å². The second-order valence-electron chi connectivity index (χ2n) is 7.19. The fourth-order valence-electron chi connectivity index (χ4n) is 3.53. The topological polar surface area (TPSA) is 90.2 Å². The van der Waals surface area contributed by atoms with Crippen LogP contribution in [0, 0.1) is 6.92 Å². The second-order valence-corrected chi connectivity index (χ2v) is 8.57. The van der Waals surface area contributed by atoms with E-state index < -0.39 is 28.8 Å². The molecule has 1 saturated heterocycles. The van der Waals surface area contributed by atoms with Gasteiger partial charge in [-0.05, 0) is 54.7 Å². The number of hydrogen-bond donors (Lipinski definition) is 4.